The van der Waals surface area contributed by atoms with Gasteiger partial charge in [-0.1, -0.05) is 17.7 Å². The number of rotatable bonds is 2. The first kappa shape index (κ1) is 12.2. The number of piperazine rings is 1. The Balaban J connectivity index is 2.26. The predicted octanol–water partition coefficient (Wildman–Crippen LogP) is 0.912. The Morgan fingerprint density at radius 1 is 1.59 bits per heavy atom. The summed E-state index contributed by atoms with van der Waals surface area (Å²) in [5.41, 5.74) is 7.61. The first-order chi connectivity index (χ1) is 8.11. The van der Waals surface area contributed by atoms with Crippen LogP contribution >= 0.6 is 11.6 Å². The Labute approximate surface area is 106 Å². The van der Waals surface area contributed by atoms with Gasteiger partial charge in [-0.05, 0) is 24.6 Å². The van der Waals surface area contributed by atoms with E-state index in [-0.39, 0.29) is 11.9 Å². The zero-order chi connectivity index (χ0) is 12.4. The van der Waals surface area contributed by atoms with E-state index in [0.29, 0.717) is 13.1 Å². The number of carbonyl (C=O) groups excluding carboxylic acids is 1. The molecule has 92 valence electrons. The fourth-order valence-corrected chi connectivity index (χ4v) is 2.25. The smallest absolute Gasteiger partial charge is 0.239 e. The lowest BCUT2D eigenvalue weighted by Crippen LogP contribution is -2.57. The van der Waals surface area contributed by atoms with Crippen molar-refractivity contribution in [3.8, 4) is 0 Å². The highest BCUT2D eigenvalue weighted by Gasteiger charge is 2.24. The Morgan fingerprint density at radius 3 is 3.06 bits per heavy atom. The second-order valence-electron chi connectivity index (χ2n) is 4.26. The van der Waals surface area contributed by atoms with Gasteiger partial charge in [-0.2, -0.15) is 0 Å². The molecule has 4 nitrogen and oxygen atoms in total. The summed E-state index contributed by atoms with van der Waals surface area (Å²) >= 11 is 6.09. The molecule has 0 aliphatic carbocycles. The minimum atomic E-state index is 0.00563. The lowest BCUT2D eigenvalue weighted by atomic mass is 10.1. The average Bonchev–Trinajstić information content (AvgIpc) is 2.31. The number of anilines is 1. The molecule has 2 rings (SSSR count). The maximum atomic E-state index is 11.6. The monoisotopic (exact) mass is 253 g/mol. The Kier molecular flexibility index (Phi) is 3.54. The number of nitrogens with one attached hydrogen (secondary N) is 1. The largest absolute Gasteiger partial charge is 0.360 e. The molecule has 1 amide bonds. The fourth-order valence-electron chi connectivity index (χ4n) is 2.08. The number of nitrogens with zero attached hydrogens (tertiary/aromatic N) is 1. The molecular weight excluding hydrogens is 238 g/mol. The van der Waals surface area contributed by atoms with Gasteiger partial charge in [-0.3, -0.25) is 4.79 Å². The van der Waals surface area contributed by atoms with E-state index < -0.39 is 0 Å². The molecule has 5 heteroatoms. The summed E-state index contributed by atoms with van der Waals surface area (Å²) in [6, 6.07) is 5.74. The lowest BCUT2D eigenvalue weighted by molar-refractivity contribution is -0.121. The Morgan fingerprint density at radius 2 is 2.35 bits per heavy atom. The van der Waals surface area contributed by atoms with Crippen LogP contribution in [-0.4, -0.2) is 31.6 Å². The summed E-state index contributed by atoms with van der Waals surface area (Å²) in [6.07, 6.45) is 0. The van der Waals surface area contributed by atoms with E-state index in [0.717, 1.165) is 22.8 Å². The van der Waals surface area contributed by atoms with Gasteiger partial charge in [0, 0.05) is 23.8 Å². The highest BCUT2D eigenvalue weighted by Crippen LogP contribution is 2.27. The number of halogens is 1. The third-order valence-electron chi connectivity index (χ3n) is 3.00. The summed E-state index contributed by atoms with van der Waals surface area (Å²) in [7, 11) is 0. The van der Waals surface area contributed by atoms with Crippen molar-refractivity contribution in [1.82, 2.24) is 5.32 Å². The van der Waals surface area contributed by atoms with Crippen LogP contribution in [0.5, 0.6) is 0 Å². The van der Waals surface area contributed by atoms with Crippen molar-refractivity contribution >= 4 is 23.2 Å². The summed E-state index contributed by atoms with van der Waals surface area (Å²) in [5, 5.41) is 3.58. The standard InChI is InChI=1S/C12H16ClN3O/c1-8-10(13)3-2-4-11(8)16-6-9(5-14)15-12(17)7-16/h2-4,9H,5-7,14H2,1H3,(H,15,17). The number of hydrogen-bond donors (Lipinski definition) is 2. The Bertz CT molecular complexity index is 436. The van der Waals surface area contributed by atoms with Crippen LogP contribution in [0.2, 0.25) is 5.02 Å². The van der Waals surface area contributed by atoms with E-state index in [2.05, 4.69) is 5.32 Å². The number of benzene rings is 1. The summed E-state index contributed by atoms with van der Waals surface area (Å²) in [6.45, 7) is 3.49. The summed E-state index contributed by atoms with van der Waals surface area (Å²) in [5.74, 6) is 0.00563. The van der Waals surface area contributed by atoms with Crippen LogP contribution < -0.4 is 16.0 Å². The molecule has 3 N–H and O–H groups in total. The van der Waals surface area contributed by atoms with Gasteiger partial charge >= 0.3 is 0 Å². The van der Waals surface area contributed by atoms with Crippen LogP contribution in [0, 0.1) is 6.92 Å². The zero-order valence-electron chi connectivity index (χ0n) is 9.74. The molecule has 0 saturated carbocycles. The van der Waals surface area contributed by atoms with Crippen molar-refractivity contribution < 1.29 is 4.79 Å². The van der Waals surface area contributed by atoms with Crippen molar-refractivity contribution in [2.24, 2.45) is 5.73 Å². The van der Waals surface area contributed by atoms with Crippen molar-refractivity contribution in [3.63, 3.8) is 0 Å². The van der Waals surface area contributed by atoms with Gasteiger partial charge in [-0.25, -0.2) is 0 Å². The molecule has 0 aromatic heterocycles. The third-order valence-corrected chi connectivity index (χ3v) is 3.41. The highest BCUT2D eigenvalue weighted by molar-refractivity contribution is 6.31. The number of hydrogen-bond acceptors (Lipinski definition) is 3. The normalized spacial score (nSPS) is 20.3. The predicted molar refractivity (Wildman–Crippen MR) is 69.4 cm³/mol. The van der Waals surface area contributed by atoms with E-state index in [1.54, 1.807) is 0 Å². The molecule has 1 atom stereocenters. The van der Waals surface area contributed by atoms with Crippen LogP contribution in [0.4, 0.5) is 5.69 Å². The summed E-state index contributed by atoms with van der Waals surface area (Å²) < 4.78 is 0. The highest BCUT2D eigenvalue weighted by atomic mass is 35.5. The van der Waals surface area contributed by atoms with Crippen LogP contribution in [0.25, 0.3) is 0 Å². The molecule has 1 aromatic rings. The molecule has 1 fully saturated rings. The van der Waals surface area contributed by atoms with E-state index in [9.17, 15) is 4.79 Å². The topological polar surface area (TPSA) is 58.4 Å². The van der Waals surface area contributed by atoms with E-state index in [4.69, 9.17) is 17.3 Å². The fraction of sp³-hybridized carbons (Fsp3) is 0.417. The van der Waals surface area contributed by atoms with Gasteiger partial charge in [0.25, 0.3) is 0 Å². The molecular formula is C12H16ClN3O. The van der Waals surface area contributed by atoms with E-state index in [1.165, 1.54) is 0 Å². The zero-order valence-corrected chi connectivity index (χ0v) is 10.5. The van der Waals surface area contributed by atoms with Gasteiger partial charge in [0.05, 0.1) is 12.6 Å². The minimum absolute atomic E-state index is 0.00563. The van der Waals surface area contributed by atoms with Crippen LogP contribution in [-0.2, 0) is 4.79 Å². The maximum absolute atomic E-state index is 11.6. The molecule has 1 saturated heterocycles. The molecule has 1 unspecified atom stereocenters. The minimum Gasteiger partial charge on any atom is -0.360 e. The molecule has 1 aliphatic heterocycles. The first-order valence-electron chi connectivity index (χ1n) is 5.61. The van der Waals surface area contributed by atoms with Gasteiger partial charge in [0.2, 0.25) is 5.91 Å². The van der Waals surface area contributed by atoms with E-state index in [1.807, 2.05) is 30.0 Å². The maximum Gasteiger partial charge on any atom is 0.239 e. The molecule has 1 aliphatic rings. The molecule has 0 bridgehead atoms. The van der Waals surface area contributed by atoms with Gasteiger partial charge < -0.3 is 16.0 Å². The average molecular weight is 254 g/mol. The van der Waals surface area contributed by atoms with Crippen molar-refractivity contribution in [2.45, 2.75) is 13.0 Å². The SMILES string of the molecule is Cc1c(Cl)cccc1N1CC(=O)NC(CN)C1. The van der Waals surface area contributed by atoms with Gasteiger partial charge in [-0.15, -0.1) is 0 Å². The second-order valence-corrected chi connectivity index (χ2v) is 4.67. The van der Waals surface area contributed by atoms with Crippen molar-refractivity contribution in [1.29, 1.82) is 0 Å². The van der Waals surface area contributed by atoms with Crippen LogP contribution in [0.3, 0.4) is 0 Å². The molecule has 17 heavy (non-hydrogen) atoms. The molecule has 1 aromatic carbocycles. The second kappa shape index (κ2) is 4.94. The third kappa shape index (κ3) is 2.53. The Hall–Kier alpha value is -1.26. The van der Waals surface area contributed by atoms with Crippen molar-refractivity contribution in [3.05, 3.63) is 28.8 Å². The molecule has 0 radical (unpaired) electrons. The molecule has 0 spiro atoms. The quantitative estimate of drug-likeness (QED) is 0.824. The van der Waals surface area contributed by atoms with Gasteiger partial charge in [0.15, 0.2) is 0 Å². The first-order valence-corrected chi connectivity index (χ1v) is 5.99. The summed E-state index contributed by atoms with van der Waals surface area (Å²) in [4.78, 5) is 13.6. The van der Waals surface area contributed by atoms with Crippen LogP contribution in [0.1, 0.15) is 5.56 Å². The van der Waals surface area contributed by atoms with E-state index >= 15 is 0 Å². The van der Waals surface area contributed by atoms with Crippen molar-refractivity contribution in [2.75, 3.05) is 24.5 Å². The molecule has 1 heterocycles. The van der Waals surface area contributed by atoms with Crippen LogP contribution in [0.15, 0.2) is 18.2 Å². The lowest BCUT2D eigenvalue weighted by Gasteiger charge is -2.35. The number of amides is 1. The number of carbonyl (C=O) groups is 1. The van der Waals surface area contributed by atoms with Gasteiger partial charge in [0.1, 0.15) is 0 Å². The number of nitrogens with two attached hydrogens (primary N) is 1.